The van der Waals surface area contributed by atoms with Gasteiger partial charge in [-0.1, -0.05) is 6.07 Å². The number of nitrogens with zero attached hydrogens (tertiary/aromatic N) is 2. The molecule has 0 aliphatic heterocycles. The molecule has 1 aromatic carbocycles. The maximum Gasteiger partial charge on any atom is 0.151 e. The predicted molar refractivity (Wildman–Crippen MR) is 55.1 cm³/mol. The largest absolute Gasteiger partial charge is 0.331 e. The van der Waals surface area contributed by atoms with Crippen molar-refractivity contribution in [2.75, 3.05) is 0 Å². The molecule has 0 aliphatic carbocycles. The molecule has 0 fully saturated rings. The number of carbonyl (C=O) groups excluding carboxylic acids is 1. The van der Waals surface area contributed by atoms with Crippen LogP contribution >= 0.6 is 0 Å². The van der Waals surface area contributed by atoms with Crippen molar-refractivity contribution in [2.45, 2.75) is 13.3 Å². The quantitative estimate of drug-likeness (QED) is 0.751. The SMILES string of the molecule is CC(=O)Cc1nc2c(F)cccc2n1C. The number of carbonyl (C=O) groups is 1. The molecule has 2 rings (SSSR count). The Kier molecular flexibility index (Phi) is 2.26. The lowest BCUT2D eigenvalue weighted by Gasteiger charge is -1.98. The summed E-state index contributed by atoms with van der Waals surface area (Å²) in [5.74, 6) is 0.273. The first-order valence-corrected chi connectivity index (χ1v) is 4.69. The fourth-order valence-corrected chi connectivity index (χ4v) is 1.61. The Morgan fingerprint density at radius 3 is 2.87 bits per heavy atom. The minimum absolute atomic E-state index is 0.0221. The van der Waals surface area contributed by atoms with Crippen molar-refractivity contribution >= 4 is 16.8 Å². The highest BCUT2D eigenvalue weighted by Crippen LogP contribution is 2.18. The second-order valence-electron chi connectivity index (χ2n) is 3.57. The lowest BCUT2D eigenvalue weighted by molar-refractivity contribution is -0.116. The van der Waals surface area contributed by atoms with Crippen LogP contribution in [0.3, 0.4) is 0 Å². The van der Waals surface area contributed by atoms with E-state index >= 15 is 0 Å². The molecule has 0 amide bonds. The summed E-state index contributed by atoms with van der Waals surface area (Å²) in [6, 6.07) is 4.79. The molecule has 78 valence electrons. The Balaban J connectivity index is 2.64. The highest BCUT2D eigenvalue weighted by Gasteiger charge is 2.11. The monoisotopic (exact) mass is 206 g/mol. The van der Waals surface area contributed by atoms with E-state index in [0.29, 0.717) is 16.9 Å². The lowest BCUT2D eigenvalue weighted by atomic mass is 10.3. The zero-order valence-corrected chi connectivity index (χ0v) is 8.62. The van der Waals surface area contributed by atoms with Crippen LogP contribution in [0, 0.1) is 5.82 Å². The summed E-state index contributed by atoms with van der Waals surface area (Å²) < 4.78 is 15.1. The first kappa shape index (κ1) is 9.83. The van der Waals surface area contributed by atoms with Gasteiger partial charge in [-0.25, -0.2) is 9.37 Å². The normalized spacial score (nSPS) is 10.9. The van der Waals surface area contributed by atoms with Gasteiger partial charge >= 0.3 is 0 Å². The summed E-state index contributed by atoms with van der Waals surface area (Å²) in [4.78, 5) is 15.1. The van der Waals surface area contributed by atoms with Crippen molar-refractivity contribution in [1.82, 2.24) is 9.55 Å². The molecule has 0 unspecified atom stereocenters. The Morgan fingerprint density at radius 1 is 1.53 bits per heavy atom. The second kappa shape index (κ2) is 3.46. The van der Waals surface area contributed by atoms with Gasteiger partial charge in [-0.2, -0.15) is 0 Å². The van der Waals surface area contributed by atoms with Crippen LogP contribution in [-0.2, 0) is 18.3 Å². The van der Waals surface area contributed by atoms with Crippen molar-refractivity contribution in [2.24, 2.45) is 7.05 Å². The highest BCUT2D eigenvalue weighted by atomic mass is 19.1. The van der Waals surface area contributed by atoms with E-state index in [1.165, 1.54) is 13.0 Å². The number of benzene rings is 1. The molecule has 0 spiro atoms. The number of rotatable bonds is 2. The van der Waals surface area contributed by atoms with Gasteiger partial charge in [0.2, 0.25) is 0 Å². The number of fused-ring (bicyclic) bond motifs is 1. The number of aromatic nitrogens is 2. The van der Waals surface area contributed by atoms with E-state index in [-0.39, 0.29) is 18.0 Å². The molecule has 0 saturated heterocycles. The van der Waals surface area contributed by atoms with Crippen LogP contribution in [0.4, 0.5) is 4.39 Å². The number of ketones is 1. The molecule has 0 bridgehead atoms. The topological polar surface area (TPSA) is 34.9 Å². The van der Waals surface area contributed by atoms with Gasteiger partial charge in [-0.3, -0.25) is 4.79 Å². The van der Waals surface area contributed by atoms with Gasteiger partial charge in [0.05, 0.1) is 11.9 Å². The maximum absolute atomic E-state index is 13.4. The number of halogens is 1. The lowest BCUT2D eigenvalue weighted by Crippen LogP contribution is -2.03. The average molecular weight is 206 g/mol. The Morgan fingerprint density at radius 2 is 2.27 bits per heavy atom. The molecule has 4 heteroatoms. The number of Topliss-reactive ketones (excluding diaryl/α,β-unsaturated/α-hetero) is 1. The van der Waals surface area contributed by atoms with E-state index in [1.807, 2.05) is 0 Å². The van der Waals surface area contributed by atoms with Gasteiger partial charge < -0.3 is 4.57 Å². The third-order valence-corrected chi connectivity index (χ3v) is 2.36. The first-order valence-electron chi connectivity index (χ1n) is 4.69. The Bertz CT molecular complexity index is 531. The summed E-state index contributed by atoms with van der Waals surface area (Å²) in [5.41, 5.74) is 1.04. The smallest absolute Gasteiger partial charge is 0.151 e. The van der Waals surface area contributed by atoms with Crippen LogP contribution < -0.4 is 0 Å². The van der Waals surface area contributed by atoms with E-state index in [4.69, 9.17) is 0 Å². The van der Waals surface area contributed by atoms with Crippen molar-refractivity contribution in [3.63, 3.8) is 0 Å². The molecule has 0 radical (unpaired) electrons. The molecule has 0 aliphatic rings. The molecule has 2 aromatic rings. The molecule has 15 heavy (non-hydrogen) atoms. The number of hydrogen-bond acceptors (Lipinski definition) is 2. The highest BCUT2D eigenvalue weighted by molar-refractivity contribution is 5.81. The standard InChI is InChI=1S/C11H11FN2O/c1-7(15)6-10-13-11-8(12)4-3-5-9(11)14(10)2/h3-5H,6H2,1-2H3. The van der Waals surface area contributed by atoms with Gasteiger partial charge in [0.15, 0.2) is 5.82 Å². The molecule has 1 heterocycles. The molecule has 0 N–H and O–H groups in total. The van der Waals surface area contributed by atoms with Gasteiger partial charge in [-0.15, -0.1) is 0 Å². The van der Waals surface area contributed by atoms with Crippen LogP contribution in [0.5, 0.6) is 0 Å². The molecule has 0 atom stereocenters. The first-order chi connectivity index (χ1) is 7.09. The summed E-state index contributed by atoms with van der Waals surface area (Å²) in [7, 11) is 1.78. The second-order valence-corrected chi connectivity index (χ2v) is 3.57. The third-order valence-electron chi connectivity index (χ3n) is 2.36. The van der Waals surface area contributed by atoms with E-state index in [9.17, 15) is 9.18 Å². The van der Waals surface area contributed by atoms with Crippen LogP contribution in [-0.4, -0.2) is 15.3 Å². The van der Waals surface area contributed by atoms with E-state index < -0.39 is 0 Å². The molecule has 0 saturated carbocycles. The van der Waals surface area contributed by atoms with Crippen molar-refractivity contribution in [1.29, 1.82) is 0 Å². The average Bonchev–Trinajstić information content (AvgIpc) is 2.46. The Labute approximate surface area is 86.5 Å². The number of para-hydroxylation sites is 1. The van der Waals surface area contributed by atoms with Crippen molar-refractivity contribution < 1.29 is 9.18 Å². The number of imidazole rings is 1. The van der Waals surface area contributed by atoms with Crippen LogP contribution in [0.15, 0.2) is 18.2 Å². The van der Waals surface area contributed by atoms with Gasteiger partial charge in [0, 0.05) is 7.05 Å². The molecule has 3 nitrogen and oxygen atoms in total. The summed E-state index contributed by atoms with van der Waals surface area (Å²) in [6.45, 7) is 1.50. The Hall–Kier alpha value is -1.71. The fraction of sp³-hybridized carbons (Fsp3) is 0.273. The molecular weight excluding hydrogens is 195 g/mol. The third kappa shape index (κ3) is 1.63. The maximum atomic E-state index is 13.4. The van der Waals surface area contributed by atoms with Crippen LogP contribution in [0.2, 0.25) is 0 Å². The van der Waals surface area contributed by atoms with Crippen molar-refractivity contribution in [3.05, 3.63) is 29.8 Å². The minimum Gasteiger partial charge on any atom is -0.331 e. The van der Waals surface area contributed by atoms with E-state index in [1.54, 1.807) is 23.7 Å². The van der Waals surface area contributed by atoms with Gasteiger partial charge in [0.25, 0.3) is 0 Å². The van der Waals surface area contributed by atoms with E-state index in [0.717, 1.165) is 0 Å². The zero-order chi connectivity index (χ0) is 11.0. The van der Waals surface area contributed by atoms with Crippen molar-refractivity contribution in [3.8, 4) is 0 Å². The molecule has 1 aromatic heterocycles. The van der Waals surface area contributed by atoms with Gasteiger partial charge in [0.1, 0.15) is 17.1 Å². The zero-order valence-electron chi connectivity index (χ0n) is 8.62. The summed E-state index contributed by atoms with van der Waals surface area (Å²) in [6.07, 6.45) is 0.241. The summed E-state index contributed by atoms with van der Waals surface area (Å²) >= 11 is 0. The number of aryl methyl sites for hydroxylation is 1. The predicted octanol–water partition coefficient (Wildman–Crippen LogP) is 1.84. The van der Waals surface area contributed by atoms with Crippen LogP contribution in [0.25, 0.3) is 11.0 Å². The molecular formula is C11H11FN2O. The van der Waals surface area contributed by atoms with Crippen LogP contribution in [0.1, 0.15) is 12.7 Å². The van der Waals surface area contributed by atoms with Gasteiger partial charge in [-0.05, 0) is 19.1 Å². The van der Waals surface area contributed by atoms with E-state index in [2.05, 4.69) is 4.98 Å². The number of hydrogen-bond donors (Lipinski definition) is 0. The fourth-order valence-electron chi connectivity index (χ4n) is 1.61. The summed E-state index contributed by atoms with van der Waals surface area (Å²) in [5, 5.41) is 0. The minimum atomic E-state index is -0.349.